The van der Waals surface area contributed by atoms with E-state index in [1.54, 1.807) is 0 Å². The summed E-state index contributed by atoms with van der Waals surface area (Å²) < 4.78 is 26.6. The van der Waals surface area contributed by atoms with Gasteiger partial charge in [0.15, 0.2) is 0 Å². The second kappa shape index (κ2) is 5.58. The first-order valence-electron chi connectivity index (χ1n) is 4.80. The number of ether oxygens (including phenoxy) is 1. The Morgan fingerprint density at radius 3 is 2.67 bits per heavy atom. The van der Waals surface area contributed by atoms with Gasteiger partial charge in [0.1, 0.15) is 16.2 Å². The Balaban J connectivity index is 2.92. The predicted octanol–water partition coefficient (Wildman–Crippen LogP) is -0.150. The van der Waals surface area contributed by atoms with E-state index >= 15 is 0 Å². The number of anilines is 1. The molecule has 9 nitrogen and oxygen atoms in total. The second-order valence-electron chi connectivity index (χ2n) is 3.39. The van der Waals surface area contributed by atoms with Gasteiger partial charge in [-0.05, 0) is 0 Å². The number of nitrogens with one attached hydrogen (secondary N) is 1. The summed E-state index contributed by atoms with van der Waals surface area (Å²) in [7, 11) is -1.90. The van der Waals surface area contributed by atoms with E-state index in [0.29, 0.717) is 0 Å². The fourth-order valence-corrected chi connectivity index (χ4v) is 1.63. The predicted molar refractivity (Wildman–Crippen MR) is 63.4 cm³/mol. The molecule has 18 heavy (non-hydrogen) atoms. The molecule has 0 amide bonds. The smallest absolute Gasteiger partial charge is 0.372 e. The van der Waals surface area contributed by atoms with Gasteiger partial charge >= 0.3 is 5.69 Å². The molecule has 1 aromatic rings. The third-order valence-corrected chi connectivity index (χ3v) is 2.88. The molecule has 0 aromatic carbocycles. The summed E-state index contributed by atoms with van der Waals surface area (Å²) in [6.07, 6.45) is 2.16. The number of aromatic nitrogens is 2. The van der Waals surface area contributed by atoms with Crippen molar-refractivity contribution in [3.05, 3.63) is 16.4 Å². The van der Waals surface area contributed by atoms with Gasteiger partial charge in [-0.3, -0.25) is 10.1 Å². The summed E-state index contributed by atoms with van der Waals surface area (Å²) in [6, 6.07) is 0. The van der Waals surface area contributed by atoms with Gasteiger partial charge in [-0.2, -0.15) is 4.98 Å². The standard InChI is InChI=1S/C8H12N4O5S/c1-17-8-6(12(13)14)7(10-5-11-8)9-3-4-18(2,15)16/h5H,3-4H2,1-2H3,(H,9,10,11). The Bertz CT molecular complexity index is 544. The van der Waals surface area contributed by atoms with Crippen molar-refractivity contribution in [2.75, 3.05) is 31.0 Å². The van der Waals surface area contributed by atoms with E-state index in [1.807, 2.05) is 0 Å². The molecule has 0 fully saturated rings. The largest absolute Gasteiger partial charge is 0.476 e. The molecule has 0 unspecified atom stereocenters. The van der Waals surface area contributed by atoms with Crippen LogP contribution in [-0.2, 0) is 9.84 Å². The normalized spacial score (nSPS) is 11.0. The monoisotopic (exact) mass is 276 g/mol. The lowest BCUT2D eigenvalue weighted by atomic mass is 10.4. The van der Waals surface area contributed by atoms with E-state index in [4.69, 9.17) is 4.74 Å². The van der Waals surface area contributed by atoms with Crippen LogP contribution in [0.2, 0.25) is 0 Å². The first kappa shape index (κ1) is 14.1. The van der Waals surface area contributed by atoms with Gasteiger partial charge in [-0.1, -0.05) is 0 Å². The number of nitro groups is 1. The Hall–Kier alpha value is -1.97. The molecule has 0 aliphatic carbocycles. The van der Waals surface area contributed by atoms with E-state index in [1.165, 1.54) is 7.11 Å². The average molecular weight is 276 g/mol. The third kappa shape index (κ3) is 3.80. The van der Waals surface area contributed by atoms with Gasteiger partial charge in [0.05, 0.1) is 17.8 Å². The first-order valence-corrected chi connectivity index (χ1v) is 6.86. The number of hydrogen-bond acceptors (Lipinski definition) is 8. The van der Waals surface area contributed by atoms with Crippen LogP contribution in [0.5, 0.6) is 5.88 Å². The molecule has 0 aliphatic heterocycles. The van der Waals surface area contributed by atoms with Crippen LogP contribution in [0.3, 0.4) is 0 Å². The van der Waals surface area contributed by atoms with Crippen molar-refractivity contribution >= 4 is 21.3 Å². The number of nitrogens with zero attached hydrogens (tertiary/aromatic N) is 3. The van der Waals surface area contributed by atoms with E-state index < -0.39 is 20.4 Å². The number of hydrogen-bond donors (Lipinski definition) is 1. The van der Waals surface area contributed by atoms with Gasteiger partial charge < -0.3 is 10.1 Å². The SMILES string of the molecule is COc1ncnc(NCCS(C)(=O)=O)c1[N+](=O)[O-]. The molecular formula is C8H12N4O5S. The minimum atomic E-state index is -3.15. The van der Waals surface area contributed by atoms with Crippen LogP contribution in [0.4, 0.5) is 11.5 Å². The average Bonchev–Trinajstić information content (AvgIpc) is 2.26. The summed E-state index contributed by atoms with van der Waals surface area (Å²) in [6.45, 7) is 0.0137. The highest BCUT2D eigenvalue weighted by molar-refractivity contribution is 7.90. The number of methoxy groups -OCH3 is 1. The van der Waals surface area contributed by atoms with Crippen molar-refractivity contribution in [1.29, 1.82) is 0 Å². The molecule has 0 saturated heterocycles. The van der Waals surface area contributed by atoms with Gasteiger partial charge in [0.25, 0.3) is 5.88 Å². The second-order valence-corrected chi connectivity index (χ2v) is 5.65. The lowest BCUT2D eigenvalue weighted by Gasteiger charge is -2.06. The highest BCUT2D eigenvalue weighted by atomic mass is 32.2. The zero-order valence-corrected chi connectivity index (χ0v) is 10.6. The molecule has 10 heteroatoms. The molecule has 1 rings (SSSR count). The zero-order chi connectivity index (χ0) is 13.8. The van der Waals surface area contributed by atoms with Crippen molar-refractivity contribution in [1.82, 2.24) is 9.97 Å². The van der Waals surface area contributed by atoms with Crippen molar-refractivity contribution in [3.8, 4) is 5.88 Å². The summed E-state index contributed by atoms with van der Waals surface area (Å²) in [5.41, 5.74) is -0.423. The van der Waals surface area contributed by atoms with Crippen molar-refractivity contribution in [2.24, 2.45) is 0 Å². The molecule has 0 aliphatic rings. The van der Waals surface area contributed by atoms with Crippen LogP contribution in [0.25, 0.3) is 0 Å². The Morgan fingerprint density at radius 1 is 1.50 bits per heavy atom. The van der Waals surface area contributed by atoms with Crippen molar-refractivity contribution in [2.45, 2.75) is 0 Å². The molecule has 0 saturated carbocycles. The quantitative estimate of drug-likeness (QED) is 0.561. The highest BCUT2D eigenvalue weighted by Crippen LogP contribution is 2.29. The van der Waals surface area contributed by atoms with E-state index in [0.717, 1.165) is 12.6 Å². The summed E-state index contributed by atoms with van der Waals surface area (Å²) in [5.74, 6) is -0.413. The molecule has 0 bridgehead atoms. The highest BCUT2D eigenvalue weighted by Gasteiger charge is 2.23. The maximum Gasteiger partial charge on any atom is 0.372 e. The number of rotatable bonds is 6. The van der Waals surface area contributed by atoms with Crippen molar-refractivity contribution < 1.29 is 18.1 Å². The molecule has 1 aromatic heterocycles. The minimum absolute atomic E-state index is 0.0137. The van der Waals surface area contributed by atoms with Crippen LogP contribution >= 0.6 is 0 Å². The lowest BCUT2D eigenvalue weighted by Crippen LogP contribution is -2.16. The summed E-state index contributed by atoms with van der Waals surface area (Å²) in [4.78, 5) is 17.4. The van der Waals surface area contributed by atoms with E-state index in [9.17, 15) is 18.5 Å². The van der Waals surface area contributed by atoms with Crippen LogP contribution < -0.4 is 10.1 Å². The van der Waals surface area contributed by atoms with E-state index in [2.05, 4.69) is 15.3 Å². The topological polar surface area (TPSA) is 124 Å². The molecule has 0 radical (unpaired) electrons. The van der Waals surface area contributed by atoms with Gasteiger partial charge in [-0.25, -0.2) is 13.4 Å². The van der Waals surface area contributed by atoms with Crippen LogP contribution in [-0.4, -0.2) is 49.0 Å². The van der Waals surface area contributed by atoms with Crippen LogP contribution in [0, 0.1) is 10.1 Å². The molecular weight excluding hydrogens is 264 g/mol. The van der Waals surface area contributed by atoms with E-state index in [-0.39, 0.29) is 24.0 Å². The molecule has 1 heterocycles. The molecule has 1 N–H and O–H groups in total. The van der Waals surface area contributed by atoms with Crippen molar-refractivity contribution in [3.63, 3.8) is 0 Å². The number of sulfone groups is 1. The molecule has 0 atom stereocenters. The fourth-order valence-electron chi connectivity index (χ4n) is 1.16. The summed E-state index contributed by atoms with van der Waals surface area (Å²) in [5, 5.41) is 13.4. The zero-order valence-electron chi connectivity index (χ0n) is 9.78. The third-order valence-electron chi connectivity index (χ3n) is 1.93. The fraction of sp³-hybridized carbons (Fsp3) is 0.500. The Kier molecular flexibility index (Phi) is 4.37. The van der Waals surface area contributed by atoms with Gasteiger partial charge in [0, 0.05) is 12.8 Å². The maximum atomic E-state index is 10.9. The first-order chi connectivity index (χ1) is 8.35. The van der Waals surface area contributed by atoms with Crippen LogP contribution in [0.1, 0.15) is 0 Å². The van der Waals surface area contributed by atoms with Gasteiger partial charge in [0.2, 0.25) is 5.82 Å². The lowest BCUT2D eigenvalue weighted by molar-refractivity contribution is -0.385. The molecule has 0 spiro atoms. The summed E-state index contributed by atoms with van der Waals surface area (Å²) >= 11 is 0. The Morgan fingerprint density at radius 2 is 2.17 bits per heavy atom. The minimum Gasteiger partial charge on any atom is -0.476 e. The van der Waals surface area contributed by atoms with Gasteiger partial charge in [-0.15, -0.1) is 0 Å². The maximum absolute atomic E-state index is 10.9. The van der Waals surface area contributed by atoms with Crippen LogP contribution in [0.15, 0.2) is 6.33 Å². The molecule has 100 valence electrons. The Labute approximate surface area is 103 Å².